The van der Waals surface area contributed by atoms with Crippen LogP contribution in [0, 0.1) is 12.8 Å². The van der Waals surface area contributed by atoms with Gasteiger partial charge in [0.05, 0.1) is 6.26 Å². The zero-order valence-electron chi connectivity index (χ0n) is 8.29. The van der Waals surface area contributed by atoms with Gasteiger partial charge in [-0.1, -0.05) is 24.6 Å². The number of hydrogen-bond acceptors (Lipinski definition) is 1. The lowest BCUT2D eigenvalue weighted by atomic mass is 10.1. The molecule has 68 valence electrons. The average Bonchev–Trinajstić information content (AvgIpc) is 2.60. The maximum atomic E-state index is 5.43. The highest BCUT2D eigenvalue weighted by Crippen LogP contribution is 2.31. The van der Waals surface area contributed by atoms with Gasteiger partial charge in [-0.05, 0) is 31.4 Å². The molecular weight excluding hydrogens is 160 g/mol. The lowest BCUT2D eigenvalue weighted by molar-refractivity contribution is 0.552. The molecule has 1 heterocycles. The fraction of sp³-hybridized carbons (Fsp3) is 0.333. The van der Waals surface area contributed by atoms with Crippen LogP contribution >= 0.6 is 0 Å². The van der Waals surface area contributed by atoms with Crippen molar-refractivity contribution in [2.24, 2.45) is 5.92 Å². The highest BCUT2D eigenvalue weighted by molar-refractivity contribution is 5.76. The molecule has 0 radical (unpaired) electrons. The summed E-state index contributed by atoms with van der Waals surface area (Å²) in [7, 11) is 0. The summed E-state index contributed by atoms with van der Waals surface area (Å²) in [6.07, 6.45) is 6.20. The van der Waals surface area contributed by atoms with Crippen LogP contribution in [0.1, 0.15) is 25.2 Å². The molecule has 0 N–H and O–H groups in total. The van der Waals surface area contributed by atoms with Crippen LogP contribution in [0.2, 0.25) is 0 Å². The SMILES string of the molecule is CC1=CC(c2occc2C)=CC1C. The largest absolute Gasteiger partial charge is 0.464 e. The van der Waals surface area contributed by atoms with Crippen molar-refractivity contribution in [3.8, 4) is 0 Å². The molecule has 1 nitrogen and oxygen atoms in total. The van der Waals surface area contributed by atoms with Gasteiger partial charge in [-0.3, -0.25) is 0 Å². The average molecular weight is 174 g/mol. The Hall–Kier alpha value is -1.24. The molecule has 1 aromatic rings. The molecule has 0 amide bonds. The summed E-state index contributed by atoms with van der Waals surface area (Å²) in [6.45, 7) is 6.44. The predicted octanol–water partition coefficient (Wildman–Crippen LogP) is 3.57. The van der Waals surface area contributed by atoms with Crippen molar-refractivity contribution in [1.29, 1.82) is 0 Å². The summed E-state index contributed by atoms with van der Waals surface area (Å²) in [6, 6.07) is 2.00. The van der Waals surface area contributed by atoms with Crippen molar-refractivity contribution in [2.75, 3.05) is 0 Å². The first-order chi connectivity index (χ1) is 6.18. The van der Waals surface area contributed by atoms with E-state index in [-0.39, 0.29) is 0 Å². The van der Waals surface area contributed by atoms with Crippen LogP contribution in [-0.2, 0) is 0 Å². The van der Waals surface area contributed by atoms with E-state index in [1.807, 2.05) is 6.07 Å². The molecule has 1 heteroatoms. The summed E-state index contributed by atoms with van der Waals surface area (Å²) in [4.78, 5) is 0. The minimum absolute atomic E-state index is 0.555. The van der Waals surface area contributed by atoms with Crippen LogP contribution in [0.3, 0.4) is 0 Å². The fourth-order valence-corrected chi connectivity index (χ4v) is 1.64. The third-order valence-corrected chi connectivity index (χ3v) is 2.66. The lowest BCUT2D eigenvalue weighted by Crippen LogP contribution is -1.83. The van der Waals surface area contributed by atoms with Crippen LogP contribution < -0.4 is 0 Å². The zero-order valence-corrected chi connectivity index (χ0v) is 8.29. The first-order valence-corrected chi connectivity index (χ1v) is 4.63. The van der Waals surface area contributed by atoms with Gasteiger partial charge in [0, 0.05) is 5.57 Å². The molecule has 1 atom stereocenters. The van der Waals surface area contributed by atoms with Gasteiger partial charge in [0.2, 0.25) is 0 Å². The van der Waals surface area contributed by atoms with Crippen LogP contribution in [0.4, 0.5) is 0 Å². The summed E-state index contributed by atoms with van der Waals surface area (Å²) < 4.78 is 5.43. The van der Waals surface area contributed by atoms with E-state index in [4.69, 9.17) is 4.42 Å². The molecule has 0 fully saturated rings. The second-order valence-corrected chi connectivity index (χ2v) is 3.73. The highest BCUT2D eigenvalue weighted by Gasteiger charge is 2.15. The lowest BCUT2D eigenvalue weighted by Gasteiger charge is -1.97. The van der Waals surface area contributed by atoms with Gasteiger partial charge in [0.15, 0.2) is 0 Å². The topological polar surface area (TPSA) is 13.1 Å². The van der Waals surface area contributed by atoms with Crippen molar-refractivity contribution in [2.45, 2.75) is 20.8 Å². The van der Waals surface area contributed by atoms with E-state index >= 15 is 0 Å². The quantitative estimate of drug-likeness (QED) is 0.634. The van der Waals surface area contributed by atoms with E-state index in [1.165, 1.54) is 16.7 Å². The molecule has 0 saturated heterocycles. The minimum atomic E-state index is 0.555. The standard InChI is InChI=1S/C12H14O/c1-8-4-5-13-12(8)11-6-9(2)10(3)7-11/h4-7,9H,1-3H3. The third-order valence-electron chi connectivity index (χ3n) is 2.66. The van der Waals surface area contributed by atoms with Crippen LogP contribution in [0.25, 0.3) is 5.57 Å². The van der Waals surface area contributed by atoms with Crippen molar-refractivity contribution in [3.05, 3.63) is 41.4 Å². The van der Waals surface area contributed by atoms with Crippen LogP contribution in [0.15, 0.2) is 34.5 Å². The van der Waals surface area contributed by atoms with Crippen LogP contribution in [-0.4, -0.2) is 0 Å². The normalized spacial score (nSPS) is 21.6. The van der Waals surface area contributed by atoms with Gasteiger partial charge in [-0.15, -0.1) is 0 Å². The van der Waals surface area contributed by atoms with E-state index in [0.717, 1.165) is 5.76 Å². The second kappa shape index (κ2) is 2.91. The van der Waals surface area contributed by atoms with E-state index in [1.54, 1.807) is 6.26 Å². The van der Waals surface area contributed by atoms with Gasteiger partial charge in [0.1, 0.15) is 5.76 Å². The van der Waals surface area contributed by atoms with Gasteiger partial charge < -0.3 is 4.42 Å². The van der Waals surface area contributed by atoms with Gasteiger partial charge in [-0.25, -0.2) is 0 Å². The van der Waals surface area contributed by atoms with Crippen molar-refractivity contribution >= 4 is 5.57 Å². The minimum Gasteiger partial charge on any atom is -0.464 e. The fourth-order valence-electron chi connectivity index (χ4n) is 1.64. The summed E-state index contributed by atoms with van der Waals surface area (Å²) in [5.74, 6) is 1.57. The first kappa shape index (κ1) is 8.36. The van der Waals surface area contributed by atoms with E-state index < -0.39 is 0 Å². The molecular formula is C12H14O. The molecule has 0 aliphatic heterocycles. The molecule has 0 bridgehead atoms. The Morgan fingerprint density at radius 3 is 2.54 bits per heavy atom. The molecule has 0 spiro atoms. The van der Waals surface area contributed by atoms with Crippen LogP contribution in [0.5, 0.6) is 0 Å². The Morgan fingerprint density at radius 2 is 2.08 bits per heavy atom. The van der Waals surface area contributed by atoms with Gasteiger partial charge in [-0.2, -0.15) is 0 Å². The second-order valence-electron chi connectivity index (χ2n) is 3.73. The summed E-state index contributed by atoms with van der Waals surface area (Å²) >= 11 is 0. The molecule has 13 heavy (non-hydrogen) atoms. The van der Waals surface area contributed by atoms with Crippen molar-refractivity contribution in [3.63, 3.8) is 0 Å². The molecule has 1 aromatic heterocycles. The highest BCUT2D eigenvalue weighted by atomic mass is 16.3. The molecule has 1 unspecified atom stereocenters. The Morgan fingerprint density at radius 1 is 1.31 bits per heavy atom. The van der Waals surface area contributed by atoms with E-state index in [0.29, 0.717) is 5.92 Å². The number of rotatable bonds is 1. The Kier molecular flexibility index (Phi) is 1.87. The smallest absolute Gasteiger partial charge is 0.136 e. The predicted molar refractivity (Wildman–Crippen MR) is 54.3 cm³/mol. The molecule has 1 aliphatic rings. The van der Waals surface area contributed by atoms with Gasteiger partial charge in [0.25, 0.3) is 0 Å². The van der Waals surface area contributed by atoms with Crippen molar-refractivity contribution < 1.29 is 4.42 Å². The van der Waals surface area contributed by atoms with E-state index in [2.05, 4.69) is 32.9 Å². The van der Waals surface area contributed by atoms with E-state index in [9.17, 15) is 0 Å². The monoisotopic (exact) mass is 174 g/mol. The number of aryl methyl sites for hydroxylation is 1. The maximum Gasteiger partial charge on any atom is 0.136 e. The Balaban J connectivity index is 2.40. The Bertz CT molecular complexity index is 380. The molecule has 1 aliphatic carbocycles. The molecule has 0 saturated carbocycles. The molecule has 0 aromatic carbocycles. The maximum absolute atomic E-state index is 5.43. The Labute approximate surface area is 78.8 Å². The summed E-state index contributed by atoms with van der Waals surface area (Å²) in [5, 5.41) is 0. The zero-order chi connectivity index (χ0) is 9.42. The number of furan rings is 1. The van der Waals surface area contributed by atoms with Gasteiger partial charge >= 0.3 is 0 Å². The first-order valence-electron chi connectivity index (χ1n) is 4.63. The molecule has 2 rings (SSSR count). The number of allylic oxidation sites excluding steroid dienone is 4. The number of hydrogen-bond donors (Lipinski definition) is 0. The van der Waals surface area contributed by atoms with Crippen molar-refractivity contribution in [1.82, 2.24) is 0 Å². The summed E-state index contributed by atoms with van der Waals surface area (Å²) in [5.41, 5.74) is 3.85. The third kappa shape index (κ3) is 1.35.